The Bertz CT molecular complexity index is 887. The minimum atomic E-state index is -3.18. The maximum atomic E-state index is 11.6. The lowest BCUT2D eigenvalue weighted by atomic mass is 10.0. The first-order valence-electron chi connectivity index (χ1n) is 8.96. The highest BCUT2D eigenvalue weighted by atomic mass is 32.2. The second kappa shape index (κ2) is 7.02. The third kappa shape index (κ3) is 3.63. The van der Waals surface area contributed by atoms with Gasteiger partial charge in [0.1, 0.15) is 5.75 Å². The average molecular weight is 373 g/mol. The molecule has 2 aliphatic heterocycles. The van der Waals surface area contributed by atoms with Crippen LogP contribution in [0.5, 0.6) is 5.75 Å². The molecule has 0 aromatic heterocycles. The van der Waals surface area contributed by atoms with E-state index in [1.165, 1.54) is 25.5 Å². The molecule has 0 radical (unpaired) electrons. The van der Waals surface area contributed by atoms with Gasteiger partial charge in [-0.05, 0) is 48.2 Å². The average Bonchev–Trinajstić information content (AvgIpc) is 2.67. The van der Waals surface area contributed by atoms with Crippen LogP contribution in [0.3, 0.4) is 0 Å². The molecule has 138 valence electrons. The summed E-state index contributed by atoms with van der Waals surface area (Å²) in [5, 5.41) is 0. The highest BCUT2D eigenvalue weighted by molar-refractivity contribution is 7.90. The Morgan fingerprint density at radius 2 is 1.65 bits per heavy atom. The number of likely N-dealkylation sites (tertiary alicyclic amines) is 1. The molecule has 0 N–H and O–H groups in total. The molecule has 4 rings (SSSR count). The first kappa shape index (κ1) is 17.5. The van der Waals surface area contributed by atoms with Crippen molar-refractivity contribution in [1.82, 2.24) is 4.90 Å². The van der Waals surface area contributed by atoms with Gasteiger partial charge in [-0.1, -0.05) is 24.6 Å². The third-order valence-corrected chi connectivity index (χ3v) is 6.10. The number of ether oxygens (including phenoxy) is 2. The lowest BCUT2D eigenvalue weighted by molar-refractivity contribution is -0.199. The summed E-state index contributed by atoms with van der Waals surface area (Å²) < 4.78 is 35.2. The van der Waals surface area contributed by atoms with Crippen LogP contribution < -0.4 is 4.74 Å². The number of hydrogen-bond acceptors (Lipinski definition) is 5. The van der Waals surface area contributed by atoms with Crippen molar-refractivity contribution in [2.45, 2.75) is 37.2 Å². The largest absolute Gasteiger partial charge is 0.451 e. The van der Waals surface area contributed by atoms with Crippen molar-refractivity contribution >= 4 is 9.84 Å². The van der Waals surface area contributed by atoms with Crippen LogP contribution in [0.4, 0.5) is 0 Å². The summed E-state index contributed by atoms with van der Waals surface area (Å²) in [4.78, 5) is 2.58. The first-order chi connectivity index (χ1) is 12.5. The fourth-order valence-corrected chi connectivity index (χ4v) is 4.12. The van der Waals surface area contributed by atoms with E-state index in [9.17, 15) is 8.42 Å². The van der Waals surface area contributed by atoms with Crippen LogP contribution in [-0.2, 0) is 21.2 Å². The standard InChI is InChI=1S/C20H23NO4S/c1-26(22,23)18-8-5-15(6-9-18)16-7-10-19-17(13-16)14-24-20(25-19)21-11-3-2-4-12-21/h5-10,13,20H,2-4,11-12,14H2,1H3. The summed E-state index contributed by atoms with van der Waals surface area (Å²) in [7, 11) is -3.18. The maximum absolute atomic E-state index is 11.6. The number of piperidine rings is 1. The topological polar surface area (TPSA) is 55.8 Å². The van der Waals surface area contributed by atoms with Gasteiger partial charge in [0.05, 0.1) is 11.5 Å². The molecule has 26 heavy (non-hydrogen) atoms. The van der Waals surface area contributed by atoms with Crippen LogP contribution in [0.25, 0.3) is 11.1 Å². The number of fused-ring (bicyclic) bond motifs is 1. The zero-order chi connectivity index (χ0) is 18.1. The van der Waals surface area contributed by atoms with Gasteiger partial charge in [-0.2, -0.15) is 0 Å². The van der Waals surface area contributed by atoms with Gasteiger partial charge in [-0.15, -0.1) is 0 Å². The van der Waals surface area contributed by atoms with Crippen LogP contribution in [0.15, 0.2) is 47.4 Å². The number of benzene rings is 2. The van der Waals surface area contributed by atoms with Crippen molar-refractivity contribution in [2.75, 3.05) is 19.3 Å². The number of rotatable bonds is 3. The van der Waals surface area contributed by atoms with Crippen LogP contribution in [0.2, 0.25) is 0 Å². The lowest BCUT2D eigenvalue weighted by Gasteiger charge is -2.36. The lowest BCUT2D eigenvalue weighted by Crippen LogP contribution is -2.45. The Kier molecular flexibility index (Phi) is 4.73. The molecule has 0 spiro atoms. The van der Waals surface area contributed by atoms with Crippen LogP contribution in [-0.4, -0.2) is 39.1 Å². The molecule has 0 saturated carbocycles. The van der Waals surface area contributed by atoms with E-state index >= 15 is 0 Å². The molecule has 6 heteroatoms. The van der Waals surface area contributed by atoms with Crippen molar-refractivity contribution in [3.8, 4) is 16.9 Å². The highest BCUT2D eigenvalue weighted by Gasteiger charge is 2.27. The highest BCUT2D eigenvalue weighted by Crippen LogP contribution is 2.32. The zero-order valence-electron chi connectivity index (χ0n) is 14.8. The van der Waals surface area contributed by atoms with Gasteiger partial charge < -0.3 is 9.47 Å². The van der Waals surface area contributed by atoms with E-state index in [4.69, 9.17) is 9.47 Å². The minimum absolute atomic E-state index is 0.289. The van der Waals surface area contributed by atoms with E-state index in [-0.39, 0.29) is 6.41 Å². The molecule has 1 fully saturated rings. The van der Waals surface area contributed by atoms with Gasteiger partial charge in [0.15, 0.2) is 9.84 Å². The number of sulfone groups is 1. The van der Waals surface area contributed by atoms with Gasteiger partial charge >= 0.3 is 0 Å². The van der Waals surface area contributed by atoms with Crippen LogP contribution >= 0.6 is 0 Å². The van der Waals surface area contributed by atoms with Gasteiger partial charge in [0.2, 0.25) is 0 Å². The van der Waals surface area contributed by atoms with Crippen LogP contribution in [0.1, 0.15) is 24.8 Å². The minimum Gasteiger partial charge on any atom is -0.451 e. The monoisotopic (exact) mass is 373 g/mol. The van der Waals surface area contributed by atoms with Crippen molar-refractivity contribution < 1.29 is 17.9 Å². The summed E-state index contributed by atoms with van der Waals surface area (Å²) in [6.45, 7) is 2.56. The smallest absolute Gasteiger partial charge is 0.262 e. The van der Waals surface area contributed by atoms with E-state index in [1.54, 1.807) is 12.1 Å². The van der Waals surface area contributed by atoms with Crippen molar-refractivity contribution in [3.63, 3.8) is 0 Å². The Morgan fingerprint density at radius 3 is 2.35 bits per heavy atom. The fraction of sp³-hybridized carbons (Fsp3) is 0.400. The molecule has 5 nitrogen and oxygen atoms in total. The molecule has 0 amide bonds. The van der Waals surface area contributed by atoms with Crippen LogP contribution in [0, 0.1) is 0 Å². The van der Waals surface area contributed by atoms with E-state index in [2.05, 4.69) is 11.0 Å². The molecular formula is C20H23NO4S. The van der Waals surface area contributed by atoms with Crippen molar-refractivity contribution in [2.24, 2.45) is 0 Å². The summed E-state index contributed by atoms with van der Waals surface area (Å²) in [6.07, 6.45) is 4.59. The molecule has 0 aliphatic carbocycles. The molecule has 2 aromatic carbocycles. The van der Waals surface area contributed by atoms with Gasteiger partial charge in [0, 0.05) is 24.9 Å². The van der Waals surface area contributed by atoms with Gasteiger partial charge in [-0.25, -0.2) is 13.3 Å². The Balaban J connectivity index is 1.53. The zero-order valence-corrected chi connectivity index (χ0v) is 15.7. The van der Waals surface area contributed by atoms with E-state index in [1.807, 2.05) is 24.3 Å². The molecular weight excluding hydrogens is 350 g/mol. The summed E-state index contributed by atoms with van der Waals surface area (Å²) >= 11 is 0. The van der Waals surface area contributed by atoms with Gasteiger partial charge in [-0.3, -0.25) is 0 Å². The summed E-state index contributed by atoms with van der Waals surface area (Å²) in [5.41, 5.74) is 3.01. The summed E-state index contributed by atoms with van der Waals surface area (Å²) in [5.74, 6) is 0.864. The van der Waals surface area contributed by atoms with E-state index in [0.29, 0.717) is 11.5 Å². The second-order valence-corrected chi connectivity index (χ2v) is 8.97. The Morgan fingerprint density at radius 1 is 0.962 bits per heavy atom. The van der Waals surface area contributed by atoms with Crippen molar-refractivity contribution in [1.29, 1.82) is 0 Å². The predicted molar refractivity (Wildman–Crippen MR) is 99.6 cm³/mol. The SMILES string of the molecule is CS(=O)(=O)c1ccc(-c2ccc3c(c2)COC(N2CCCCC2)O3)cc1. The normalized spacial score (nSPS) is 21.0. The van der Waals surface area contributed by atoms with E-state index in [0.717, 1.165) is 35.5 Å². The first-order valence-corrected chi connectivity index (χ1v) is 10.9. The molecule has 1 saturated heterocycles. The van der Waals surface area contributed by atoms with Gasteiger partial charge in [0.25, 0.3) is 6.41 Å². The predicted octanol–water partition coefficient (Wildman–Crippen LogP) is 3.44. The fourth-order valence-electron chi connectivity index (χ4n) is 3.49. The molecule has 0 bridgehead atoms. The summed E-state index contributed by atoms with van der Waals surface area (Å²) in [6, 6.07) is 13.0. The molecule has 1 unspecified atom stereocenters. The molecule has 2 aliphatic rings. The quantitative estimate of drug-likeness (QED) is 0.825. The Hall–Kier alpha value is -1.89. The van der Waals surface area contributed by atoms with Crippen molar-refractivity contribution in [3.05, 3.63) is 48.0 Å². The molecule has 2 heterocycles. The third-order valence-electron chi connectivity index (χ3n) is 4.97. The molecule has 2 aromatic rings. The molecule has 1 atom stereocenters. The number of nitrogens with zero attached hydrogens (tertiary/aromatic N) is 1. The number of hydrogen-bond donors (Lipinski definition) is 0. The maximum Gasteiger partial charge on any atom is 0.262 e. The second-order valence-electron chi connectivity index (χ2n) is 6.95. The Labute approximate surface area is 154 Å². The van der Waals surface area contributed by atoms with E-state index < -0.39 is 9.84 Å².